The van der Waals surface area contributed by atoms with Crippen molar-refractivity contribution in [1.82, 2.24) is 5.32 Å². The van der Waals surface area contributed by atoms with E-state index in [1.165, 1.54) is 25.1 Å². The zero-order valence-corrected chi connectivity index (χ0v) is 18.3. The highest BCUT2D eigenvalue weighted by molar-refractivity contribution is 7.92. The first-order valence-corrected chi connectivity index (χ1v) is 11.3. The largest absolute Gasteiger partial charge is 0.374 e. The molecule has 0 aromatic heterocycles. The predicted molar refractivity (Wildman–Crippen MR) is 117 cm³/mol. The Morgan fingerprint density at radius 1 is 1.07 bits per heavy atom. The summed E-state index contributed by atoms with van der Waals surface area (Å²) >= 11 is 0. The molecule has 0 spiro atoms. The molecule has 30 heavy (non-hydrogen) atoms. The van der Waals surface area contributed by atoms with Crippen molar-refractivity contribution < 1.29 is 22.7 Å². The van der Waals surface area contributed by atoms with Gasteiger partial charge >= 0.3 is 0 Å². The number of hydrogen-bond donors (Lipinski definition) is 3. The molecule has 0 unspecified atom stereocenters. The minimum absolute atomic E-state index is 0.0776. The Kier molecular flexibility index (Phi) is 7.96. The summed E-state index contributed by atoms with van der Waals surface area (Å²) in [5.74, 6) is -0.780. The van der Waals surface area contributed by atoms with E-state index in [2.05, 4.69) is 15.4 Å². The molecule has 2 aromatic carbocycles. The molecule has 9 heteroatoms. The van der Waals surface area contributed by atoms with Crippen LogP contribution in [0.25, 0.3) is 0 Å². The van der Waals surface area contributed by atoms with Gasteiger partial charge in [0.15, 0.2) is 0 Å². The maximum Gasteiger partial charge on any atom is 0.253 e. The number of ether oxygens (including phenoxy) is 1. The number of carbonyl (C=O) groups is 2. The van der Waals surface area contributed by atoms with Gasteiger partial charge in [-0.3, -0.25) is 14.3 Å². The third-order valence-corrected chi connectivity index (χ3v) is 4.60. The van der Waals surface area contributed by atoms with Crippen molar-refractivity contribution in [3.05, 3.63) is 59.2 Å². The molecule has 2 rings (SSSR count). The lowest BCUT2D eigenvalue weighted by molar-refractivity contribution is -0.114. The van der Waals surface area contributed by atoms with Crippen LogP contribution in [0.1, 0.15) is 42.3 Å². The Labute approximate surface area is 177 Å². The van der Waals surface area contributed by atoms with Gasteiger partial charge in [0.05, 0.1) is 30.2 Å². The predicted octanol–water partition coefficient (Wildman–Crippen LogP) is 2.87. The van der Waals surface area contributed by atoms with Crippen molar-refractivity contribution in [2.75, 3.05) is 16.3 Å². The van der Waals surface area contributed by atoms with Gasteiger partial charge in [-0.25, -0.2) is 8.42 Å². The van der Waals surface area contributed by atoms with Gasteiger partial charge in [0.25, 0.3) is 5.91 Å². The number of amides is 2. The van der Waals surface area contributed by atoms with E-state index in [-0.39, 0.29) is 29.8 Å². The van der Waals surface area contributed by atoms with Gasteiger partial charge in [-0.2, -0.15) is 0 Å². The van der Waals surface area contributed by atoms with E-state index in [1.54, 1.807) is 0 Å². The number of benzene rings is 2. The maximum atomic E-state index is 12.9. The topological polar surface area (TPSA) is 114 Å². The summed E-state index contributed by atoms with van der Waals surface area (Å²) in [6.45, 7) is 5.89. The summed E-state index contributed by atoms with van der Waals surface area (Å²) < 4.78 is 31.3. The summed E-state index contributed by atoms with van der Waals surface area (Å²) in [7, 11) is -3.59. The second kappa shape index (κ2) is 10.2. The Morgan fingerprint density at radius 3 is 2.33 bits per heavy atom. The van der Waals surface area contributed by atoms with Crippen LogP contribution in [0.5, 0.6) is 0 Å². The second-order valence-corrected chi connectivity index (χ2v) is 8.88. The van der Waals surface area contributed by atoms with Crippen LogP contribution < -0.4 is 15.4 Å². The van der Waals surface area contributed by atoms with Crippen molar-refractivity contribution >= 4 is 33.2 Å². The highest BCUT2D eigenvalue weighted by Crippen LogP contribution is 2.22. The van der Waals surface area contributed by atoms with Gasteiger partial charge in [-0.05, 0) is 43.2 Å². The minimum atomic E-state index is -3.59. The summed E-state index contributed by atoms with van der Waals surface area (Å²) in [5.41, 5.74) is 2.45. The van der Waals surface area contributed by atoms with E-state index in [0.717, 1.165) is 17.4 Å². The summed E-state index contributed by atoms with van der Waals surface area (Å²) in [5, 5.41) is 5.40. The molecule has 0 atom stereocenters. The lowest BCUT2D eigenvalue weighted by atomic mass is 10.1. The molecule has 0 radical (unpaired) electrons. The summed E-state index contributed by atoms with van der Waals surface area (Å²) in [4.78, 5) is 24.2. The quantitative estimate of drug-likeness (QED) is 0.563. The van der Waals surface area contributed by atoms with Gasteiger partial charge in [-0.15, -0.1) is 0 Å². The molecule has 0 aliphatic rings. The van der Waals surface area contributed by atoms with Crippen molar-refractivity contribution in [2.24, 2.45) is 0 Å². The Morgan fingerprint density at radius 2 is 1.73 bits per heavy atom. The standard InChI is InChI=1S/C21H27N3O5S/c1-14(2)29-13-17-8-6-5-7-16(17)12-22-21(26)19-11-18(23-15(3)25)9-10-20(19)24-30(4,27)28/h5-11,14,24H,12-13H2,1-4H3,(H,22,26)(H,23,25). The van der Waals surface area contributed by atoms with Gasteiger partial charge in [0.2, 0.25) is 15.9 Å². The van der Waals surface area contributed by atoms with E-state index in [4.69, 9.17) is 4.74 Å². The van der Waals surface area contributed by atoms with Crippen LogP contribution in [0.2, 0.25) is 0 Å². The molecule has 8 nitrogen and oxygen atoms in total. The number of sulfonamides is 1. The number of hydrogen-bond acceptors (Lipinski definition) is 5. The average Bonchev–Trinajstić information content (AvgIpc) is 2.64. The first-order valence-electron chi connectivity index (χ1n) is 9.41. The van der Waals surface area contributed by atoms with Crippen LogP contribution in [0.15, 0.2) is 42.5 Å². The van der Waals surface area contributed by atoms with Crippen LogP contribution in [-0.2, 0) is 32.7 Å². The van der Waals surface area contributed by atoms with Gasteiger partial charge in [0.1, 0.15) is 0 Å². The molecule has 162 valence electrons. The smallest absolute Gasteiger partial charge is 0.253 e. The fraction of sp³-hybridized carbons (Fsp3) is 0.333. The van der Waals surface area contributed by atoms with E-state index in [9.17, 15) is 18.0 Å². The molecular formula is C21H27N3O5S. The zero-order chi connectivity index (χ0) is 22.3. The Balaban J connectivity index is 2.24. The maximum absolute atomic E-state index is 12.9. The van der Waals surface area contributed by atoms with Crippen molar-refractivity contribution in [3.8, 4) is 0 Å². The second-order valence-electron chi connectivity index (χ2n) is 7.13. The van der Waals surface area contributed by atoms with Crippen LogP contribution in [0, 0.1) is 0 Å². The van der Waals surface area contributed by atoms with E-state index in [0.29, 0.717) is 12.3 Å². The molecule has 2 aromatic rings. The highest BCUT2D eigenvalue weighted by Gasteiger charge is 2.16. The van der Waals surface area contributed by atoms with Gasteiger partial charge in [-0.1, -0.05) is 24.3 Å². The molecule has 0 heterocycles. The molecule has 0 saturated heterocycles. The van der Waals surface area contributed by atoms with Crippen LogP contribution >= 0.6 is 0 Å². The molecule has 2 amide bonds. The third kappa shape index (κ3) is 7.49. The van der Waals surface area contributed by atoms with Crippen LogP contribution in [-0.4, -0.2) is 32.6 Å². The lowest BCUT2D eigenvalue weighted by Crippen LogP contribution is -2.25. The van der Waals surface area contributed by atoms with Crippen LogP contribution in [0.4, 0.5) is 11.4 Å². The molecule has 0 aliphatic heterocycles. The summed E-state index contributed by atoms with van der Waals surface area (Å²) in [6, 6.07) is 12.0. The van der Waals surface area contributed by atoms with E-state index >= 15 is 0 Å². The zero-order valence-electron chi connectivity index (χ0n) is 17.5. The summed E-state index contributed by atoms with van der Waals surface area (Å²) in [6.07, 6.45) is 1.08. The van der Waals surface area contributed by atoms with Gasteiger partial charge < -0.3 is 15.4 Å². The number of carbonyl (C=O) groups excluding carboxylic acids is 2. The molecule has 3 N–H and O–H groups in total. The molecule has 0 bridgehead atoms. The van der Waals surface area contributed by atoms with Gasteiger partial charge in [0, 0.05) is 19.2 Å². The minimum Gasteiger partial charge on any atom is -0.374 e. The third-order valence-electron chi connectivity index (χ3n) is 4.01. The highest BCUT2D eigenvalue weighted by atomic mass is 32.2. The fourth-order valence-electron chi connectivity index (χ4n) is 2.70. The Hall–Kier alpha value is -2.91. The SMILES string of the molecule is CC(=O)Nc1ccc(NS(C)(=O)=O)c(C(=O)NCc2ccccc2COC(C)C)c1. The van der Waals surface area contributed by atoms with Crippen molar-refractivity contribution in [3.63, 3.8) is 0 Å². The van der Waals surface area contributed by atoms with E-state index < -0.39 is 15.9 Å². The molecule has 0 saturated carbocycles. The lowest BCUT2D eigenvalue weighted by Gasteiger charge is -2.15. The number of anilines is 2. The fourth-order valence-corrected chi connectivity index (χ4v) is 3.28. The van der Waals surface area contributed by atoms with Crippen molar-refractivity contribution in [1.29, 1.82) is 0 Å². The first-order chi connectivity index (χ1) is 14.0. The van der Waals surface area contributed by atoms with Crippen molar-refractivity contribution in [2.45, 2.75) is 40.0 Å². The molecular weight excluding hydrogens is 406 g/mol. The number of rotatable bonds is 9. The first kappa shape index (κ1) is 23.4. The molecule has 0 aliphatic carbocycles. The van der Waals surface area contributed by atoms with Crippen LogP contribution in [0.3, 0.4) is 0 Å². The average molecular weight is 434 g/mol. The monoisotopic (exact) mass is 433 g/mol. The Bertz CT molecular complexity index is 1020. The number of nitrogens with one attached hydrogen (secondary N) is 3. The molecule has 0 fully saturated rings. The normalized spacial score (nSPS) is 11.2. The van der Waals surface area contributed by atoms with E-state index in [1.807, 2.05) is 38.1 Å².